The maximum Gasteiger partial charge on any atom is 0.390 e. The van der Waals surface area contributed by atoms with Crippen molar-refractivity contribution in [3.63, 3.8) is 0 Å². The van der Waals surface area contributed by atoms with Crippen molar-refractivity contribution in [2.75, 3.05) is 13.6 Å². The molecule has 0 fully saturated rings. The van der Waals surface area contributed by atoms with E-state index in [0.717, 1.165) is 0 Å². The molecule has 0 aliphatic rings. The third-order valence-electron chi connectivity index (χ3n) is 2.55. The van der Waals surface area contributed by atoms with Crippen LogP contribution in [0, 0.1) is 6.92 Å². The molecule has 0 aliphatic heterocycles. The molecule has 0 bridgehead atoms. The average Bonchev–Trinajstić information content (AvgIpc) is 2.65. The van der Waals surface area contributed by atoms with Crippen molar-refractivity contribution in [2.24, 2.45) is 5.84 Å². The number of nitrogens with two attached hydrogens (primary N) is 1. The van der Waals surface area contributed by atoms with Crippen LogP contribution < -0.4 is 11.3 Å². The van der Waals surface area contributed by atoms with E-state index in [2.05, 4.69) is 0 Å². The number of carbonyl (C=O) groups is 1. The minimum atomic E-state index is -4.18. The molecule has 8 heteroatoms. The number of rotatable bonds is 5. The highest BCUT2D eigenvalue weighted by molar-refractivity contribution is 5.94. The number of carbonyl (C=O) groups excluding carboxylic acids is 1. The zero-order chi connectivity index (χ0) is 14.6. The number of hydrazine groups is 1. The van der Waals surface area contributed by atoms with Gasteiger partial charge in [0.1, 0.15) is 11.5 Å². The molecular weight excluding hydrogens is 263 g/mol. The lowest BCUT2D eigenvalue weighted by Crippen LogP contribution is -2.30. The first-order chi connectivity index (χ1) is 8.73. The fraction of sp³-hybridized carbons (Fsp3) is 0.545. The maximum absolute atomic E-state index is 12.1. The summed E-state index contributed by atoms with van der Waals surface area (Å²) in [6.07, 6.45) is -5.07. The van der Waals surface area contributed by atoms with Crippen LogP contribution in [0.25, 0.3) is 0 Å². The van der Waals surface area contributed by atoms with Crippen molar-refractivity contribution in [1.29, 1.82) is 0 Å². The summed E-state index contributed by atoms with van der Waals surface area (Å²) >= 11 is 0. The Labute approximate surface area is 108 Å². The fourth-order valence-electron chi connectivity index (χ4n) is 1.59. The summed E-state index contributed by atoms with van der Waals surface area (Å²) in [6.45, 7) is 1.64. The van der Waals surface area contributed by atoms with Crippen molar-refractivity contribution in [2.45, 2.75) is 26.1 Å². The van der Waals surface area contributed by atoms with Gasteiger partial charge in [0, 0.05) is 6.54 Å². The molecule has 0 saturated carbocycles. The predicted octanol–water partition coefficient (Wildman–Crippen LogP) is 1.58. The molecule has 0 atom stereocenters. The van der Waals surface area contributed by atoms with Crippen LogP contribution >= 0.6 is 0 Å². The highest BCUT2D eigenvalue weighted by Gasteiger charge is 2.27. The second kappa shape index (κ2) is 6.07. The van der Waals surface area contributed by atoms with Crippen LogP contribution in [0.4, 0.5) is 13.2 Å². The molecule has 5 nitrogen and oxygen atoms in total. The third kappa shape index (κ3) is 4.92. The van der Waals surface area contributed by atoms with E-state index in [1.165, 1.54) is 11.0 Å². The summed E-state index contributed by atoms with van der Waals surface area (Å²) in [7, 11) is 1.55. The molecule has 1 rings (SSSR count). The second-order valence-corrected chi connectivity index (χ2v) is 4.26. The van der Waals surface area contributed by atoms with E-state index in [-0.39, 0.29) is 18.7 Å². The van der Waals surface area contributed by atoms with Gasteiger partial charge < -0.3 is 4.42 Å². The van der Waals surface area contributed by atoms with E-state index >= 15 is 0 Å². The van der Waals surface area contributed by atoms with Crippen molar-refractivity contribution < 1.29 is 22.4 Å². The Balaban J connectivity index is 2.60. The Hall–Kier alpha value is -1.54. The van der Waals surface area contributed by atoms with Crippen molar-refractivity contribution in [1.82, 2.24) is 10.3 Å². The normalized spacial score (nSPS) is 11.9. The van der Waals surface area contributed by atoms with Gasteiger partial charge in [0.25, 0.3) is 5.91 Å². The fourth-order valence-corrected chi connectivity index (χ4v) is 1.59. The molecule has 19 heavy (non-hydrogen) atoms. The molecule has 0 aromatic carbocycles. The van der Waals surface area contributed by atoms with Gasteiger partial charge >= 0.3 is 6.18 Å². The van der Waals surface area contributed by atoms with Gasteiger partial charge in [-0.25, -0.2) is 5.84 Å². The highest BCUT2D eigenvalue weighted by atomic mass is 19.4. The molecule has 1 heterocycles. The first-order valence-electron chi connectivity index (χ1n) is 5.58. The first-order valence-corrected chi connectivity index (χ1v) is 5.58. The second-order valence-electron chi connectivity index (χ2n) is 4.26. The minimum absolute atomic E-state index is 0.137. The zero-order valence-electron chi connectivity index (χ0n) is 10.7. The molecule has 0 saturated heterocycles. The number of nitrogens with one attached hydrogen (secondary N) is 1. The first kappa shape index (κ1) is 15.5. The Bertz CT molecular complexity index is 443. The topological polar surface area (TPSA) is 71.5 Å². The van der Waals surface area contributed by atoms with E-state index in [1.54, 1.807) is 14.0 Å². The van der Waals surface area contributed by atoms with Crippen LogP contribution in [-0.2, 0) is 6.54 Å². The van der Waals surface area contributed by atoms with E-state index in [9.17, 15) is 18.0 Å². The van der Waals surface area contributed by atoms with Crippen molar-refractivity contribution >= 4 is 5.91 Å². The van der Waals surface area contributed by atoms with Crippen LogP contribution in [0.5, 0.6) is 0 Å². The standard InChI is InChI=1S/C11H16F3N3O2/c1-7-9(10(18)16-15)5-8(19-7)6-17(2)4-3-11(12,13)14/h5H,3-4,6,15H2,1-2H3,(H,16,18). The number of halogens is 3. The van der Waals surface area contributed by atoms with Crippen molar-refractivity contribution in [3.8, 4) is 0 Å². The number of alkyl halides is 3. The SMILES string of the molecule is Cc1oc(CN(C)CCC(F)(F)F)cc1C(=O)NN. The van der Waals surface area contributed by atoms with E-state index < -0.39 is 18.5 Å². The number of aryl methyl sites for hydroxylation is 1. The molecule has 0 spiro atoms. The van der Waals surface area contributed by atoms with Gasteiger partial charge in [0.05, 0.1) is 18.5 Å². The van der Waals surface area contributed by atoms with Crippen LogP contribution in [-0.4, -0.2) is 30.6 Å². The van der Waals surface area contributed by atoms with Gasteiger partial charge in [-0.05, 0) is 20.0 Å². The number of furan rings is 1. The lowest BCUT2D eigenvalue weighted by atomic mass is 10.2. The van der Waals surface area contributed by atoms with Gasteiger partial charge in [-0.1, -0.05) is 0 Å². The average molecular weight is 279 g/mol. The third-order valence-corrected chi connectivity index (χ3v) is 2.55. The smallest absolute Gasteiger partial charge is 0.390 e. The summed E-state index contributed by atoms with van der Waals surface area (Å²) in [4.78, 5) is 12.8. The Morgan fingerprint density at radius 2 is 2.16 bits per heavy atom. The Morgan fingerprint density at radius 1 is 1.53 bits per heavy atom. The van der Waals surface area contributed by atoms with Crippen LogP contribution in [0.1, 0.15) is 28.3 Å². The monoisotopic (exact) mass is 279 g/mol. The molecule has 108 valence electrons. The van der Waals surface area contributed by atoms with Gasteiger partial charge in [0.2, 0.25) is 0 Å². The minimum Gasteiger partial charge on any atom is -0.464 e. The number of nitrogen functional groups attached to an aromatic ring is 1. The van der Waals surface area contributed by atoms with Gasteiger partial charge in [-0.15, -0.1) is 0 Å². The molecule has 0 radical (unpaired) electrons. The Kier molecular flexibility index (Phi) is 4.96. The summed E-state index contributed by atoms with van der Waals surface area (Å²) < 4.78 is 41.5. The molecule has 1 amide bonds. The number of nitrogens with zero attached hydrogens (tertiary/aromatic N) is 1. The summed E-state index contributed by atoms with van der Waals surface area (Å²) in [5.74, 6) is 5.30. The quantitative estimate of drug-likeness (QED) is 0.487. The van der Waals surface area contributed by atoms with Gasteiger partial charge in [0.15, 0.2) is 0 Å². The molecule has 0 aliphatic carbocycles. The zero-order valence-corrected chi connectivity index (χ0v) is 10.7. The highest BCUT2D eigenvalue weighted by Crippen LogP contribution is 2.21. The van der Waals surface area contributed by atoms with Gasteiger partial charge in [-0.2, -0.15) is 13.2 Å². The predicted molar refractivity (Wildman–Crippen MR) is 62.1 cm³/mol. The number of hydrogen-bond donors (Lipinski definition) is 2. The summed E-state index contributed by atoms with van der Waals surface area (Å²) in [6, 6.07) is 1.47. The summed E-state index contributed by atoms with van der Waals surface area (Å²) in [5, 5.41) is 0. The molecule has 0 unspecified atom stereocenters. The van der Waals surface area contributed by atoms with Crippen LogP contribution in [0.2, 0.25) is 0 Å². The van der Waals surface area contributed by atoms with E-state index in [4.69, 9.17) is 10.3 Å². The van der Waals surface area contributed by atoms with E-state index in [0.29, 0.717) is 11.5 Å². The Morgan fingerprint density at radius 3 is 2.68 bits per heavy atom. The number of amides is 1. The lowest BCUT2D eigenvalue weighted by molar-refractivity contribution is -0.137. The van der Waals surface area contributed by atoms with Gasteiger partial charge in [-0.3, -0.25) is 15.1 Å². The number of hydrogen-bond acceptors (Lipinski definition) is 4. The largest absolute Gasteiger partial charge is 0.464 e. The van der Waals surface area contributed by atoms with Crippen LogP contribution in [0.15, 0.2) is 10.5 Å². The van der Waals surface area contributed by atoms with E-state index in [1.807, 2.05) is 5.43 Å². The molecular formula is C11H16F3N3O2. The molecule has 1 aromatic heterocycles. The van der Waals surface area contributed by atoms with Crippen molar-refractivity contribution in [3.05, 3.63) is 23.2 Å². The van der Waals surface area contributed by atoms with Crippen LogP contribution in [0.3, 0.4) is 0 Å². The molecule has 1 aromatic rings. The lowest BCUT2D eigenvalue weighted by Gasteiger charge is -2.16. The maximum atomic E-state index is 12.1. The molecule has 3 N–H and O–H groups in total. The summed E-state index contributed by atoms with van der Waals surface area (Å²) in [5.41, 5.74) is 2.25.